The Morgan fingerprint density at radius 2 is 1.89 bits per heavy atom. The fourth-order valence-electron chi connectivity index (χ4n) is 4.88. The molecule has 2 aliphatic carbocycles. The molecule has 4 nitrogen and oxygen atoms in total. The summed E-state index contributed by atoms with van der Waals surface area (Å²) in [4.78, 5) is 13.3. The first kappa shape index (κ1) is 18.5. The van der Waals surface area contributed by atoms with Crippen molar-refractivity contribution in [1.82, 2.24) is 4.90 Å². The molecule has 1 aromatic rings. The van der Waals surface area contributed by atoms with Gasteiger partial charge in [-0.05, 0) is 80.7 Å². The standard InChI is InChI=1S/C23H31NO3/c1-15-17(12-24-13-18(14-24)23(25)26)8-9-21-16(2)22(11-10-20(15)21)27-19-6-4-3-5-7-19/h10-11,18-19H,3-9,12-14H2,1-2H3,(H,25,26). The number of nitrogens with zero attached hydrogens (tertiary/aromatic N) is 1. The van der Waals surface area contributed by atoms with E-state index < -0.39 is 5.97 Å². The second-order valence-electron chi connectivity index (χ2n) is 8.55. The zero-order valence-electron chi connectivity index (χ0n) is 16.6. The number of fused-ring (bicyclic) bond motifs is 1. The number of allylic oxidation sites excluding steroid dienone is 1. The van der Waals surface area contributed by atoms with Gasteiger partial charge in [-0.1, -0.05) is 18.1 Å². The number of carboxylic acids is 1. The second-order valence-corrected chi connectivity index (χ2v) is 8.55. The summed E-state index contributed by atoms with van der Waals surface area (Å²) in [6.07, 6.45) is 8.82. The van der Waals surface area contributed by atoms with Crippen LogP contribution in [0.5, 0.6) is 5.75 Å². The Hall–Kier alpha value is -1.81. The maximum absolute atomic E-state index is 11.0. The smallest absolute Gasteiger partial charge is 0.309 e. The van der Waals surface area contributed by atoms with Crippen LogP contribution >= 0.6 is 0 Å². The minimum Gasteiger partial charge on any atom is -0.490 e. The van der Waals surface area contributed by atoms with E-state index in [2.05, 4.69) is 30.9 Å². The summed E-state index contributed by atoms with van der Waals surface area (Å²) in [6.45, 7) is 6.72. The minimum atomic E-state index is -0.660. The molecule has 2 fully saturated rings. The van der Waals surface area contributed by atoms with E-state index in [9.17, 15) is 4.79 Å². The lowest BCUT2D eigenvalue weighted by Crippen LogP contribution is -2.50. The van der Waals surface area contributed by atoms with Crippen molar-refractivity contribution in [3.63, 3.8) is 0 Å². The van der Waals surface area contributed by atoms with Gasteiger partial charge >= 0.3 is 5.97 Å². The highest BCUT2D eigenvalue weighted by Crippen LogP contribution is 2.38. The van der Waals surface area contributed by atoms with Crippen LogP contribution in [0.3, 0.4) is 0 Å². The van der Waals surface area contributed by atoms with Gasteiger partial charge in [0.1, 0.15) is 5.75 Å². The van der Waals surface area contributed by atoms with Crippen molar-refractivity contribution >= 4 is 11.5 Å². The number of rotatable bonds is 5. The lowest BCUT2D eigenvalue weighted by atomic mass is 9.83. The van der Waals surface area contributed by atoms with E-state index in [1.807, 2.05) is 0 Å². The van der Waals surface area contributed by atoms with E-state index >= 15 is 0 Å². The van der Waals surface area contributed by atoms with Gasteiger partial charge in [-0.2, -0.15) is 0 Å². The van der Waals surface area contributed by atoms with Crippen molar-refractivity contribution in [3.8, 4) is 5.75 Å². The van der Waals surface area contributed by atoms with Crippen LogP contribution in [0.15, 0.2) is 17.7 Å². The van der Waals surface area contributed by atoms with Crippen molar-refractivity contribution in [2.24, 2.45) is 5.92 Å². The molecule has 0 radical (unpaired) electrons. The first-order chi connectivity index (χ1) is 13.0. The number of carbonyl (C=O) groups is 1. The molecular formula is C23H31NO3. The zero-order valence-corrected chi connectivity index (χ0v) is 16.6. The molecule has 0 unspecified atom stereocenters. The molecule has 4 rings (SSSR count). The second kappa shape index (κ2) is 7.67. The van der Waals surface area contributed by atoms with E-state index in [1.54, 1.807) is 0 Å². The molecule has 1 heterocycles. The molecule has 1 N–H and O–H groups in total. The lowest BCUT2D eigenvalue weighted by molar-refractivity contribution is -0.147. The molecule has 3 aliphatic rings. The minimum absolute atomic E-state index is 0.177. The zero-order chi connectivity index (χ0) is 19.0. The quantitative estimate of drug-likeness (QED) is 0.833. The molecule has 1 saturated heterocycles. The highest BCUT2D eigenvalue weighted by Gasteiger charge is 2.33. The predicted octanol–water partition coefficient (Wildman–Crippen LogP) is 4.44. The lowest BCUT2D eigenvalue weighted by Gasteiger charge is -2.38. The van der Waals surface area contributed by atoms with Crippen molar-refractivity contribution in [2.45, 2.75) is 64.9 Å². The van der Waals surface area contributed by atoms with Gasteiger partial charge in [0.25, 0.3) is 0 Å². The van der Waals surface area contributed by atoms with Gasteiger partial charge < -0.3 is 9.84 Å². The summed E-state index contributed by atoms with van der Waals surface area (Å²) >= 11 is 0. The van der Waals surface area contributed by atoms with Crippen LogP contribution in [-0.4, -0.2) is 41.7 Å². The van der Waals surface area contributed by atoms with Crippen LogP contribution in [0, 0.1) is 12.8 Å². The number of hydrogen-bond donors (Lipinski definition) is 1. The first-order valence-corrected chi connectivity index (χ1v) is 10.5. The fourth-order valence-corrected chi connectivity index (χ4v) is 4.88. The molecule has 27 heavy (non-hydrogen) atoms. The Kier molecular flexibility index (Phi) is 5.27. The molecule has 0 atom stereocenters. The Morgan fingerprint density at radius 1 is 1.15 bits per heavy atom. The fraction of sp³-hybridized carbons (Fsp3) is 0.609. The highest BCUT2D eigenvalue weighted by molar-refractivity contribution is 5.74. The number of aliphatic carboxylic acids is 1. The monoisotopic (exact) mass is 369 g/mol. The van der Waals surface area contributed by atoms with E-state index in [-0.39, 0.29) is 5.92 Å². The van der Waals surface area contributed by atoms with Crippen molar-refractivity contribution in [2.75, 3.05) is 19.6 Å². The number of benzene rings is 1. The van der Waals surface area contributed by atoms with Crippen LogP contribution in [0.1, 0.15) is 62.1 Å². The third-order valence-electron chi connectivity index (χ3n) is 6.73. The van der Waals surface area contributed by atoms with Gasteiger partial charge in [-0.25, -0.2) is 0 Å². The van der Waals surface area contributed by atoms with Crippen LogP contribution < -0.4 is 4.74 Å². The van der Waals surface area contributed by atoms with E-state index in [0.29, 0.717) is 19.2 Å². The van der Waals surface area contributed by atoms with Crippen LogP contribution in [0.25, 0.3) is 5.57 Å². The predicted molar refractivity (Wildman–Crippen MR) is 107 cm³/mol. The van der Waals surface area contributed by atoms with E-state index in [0.717, 1.165) is 25.1 Å². The van der Waals surface area contributed by atoms with Gasteiger partial charge in [-0.3, -0.25) is 9.69 Å². The van der Waals surface area contributed by atoms with Gasteiger partial charge in [0.2, 0.25) is 0 Å². The van der Waals surface area contributed by atoms with Crippen LogP contribution in [0.4, 0.5) is 0 Å². The first-order valence-electron chi connectivity index (χ1n) is 10.5. The summed E-state index contributed by atoms with van der Waals surface area (Å²) in [6, 6.07) is 4.41. The van der Waals surface area contributed by atoms with Gasteiger partial charge in [-0.15, -0.1) is 0 Å². The maximum atomic E-state index is 11.0. The summed E-state index contributed by atoms with van der Waals surface area (Å²) in [5.41, 5.74) is 6.96. The molecule has 1 aliphatic heterocycles. The maximum Gasteiger partial charge on any atom is 0.309 e. The van der Waals surface area contributed by atoms with E-state index in [1.165, 1.54) is 59.9 Å². The molecular weight excluding hydrogens is 338 g/mol. The van der Waals surface area contributed by atoms with Gasteiger partial charge in [0, 0.05) is 19.6 Å². The average Bonchev–Trinajstić information content (AvgIpc) is 2.62. The van der Waals surface area contributed by atoms with Crippen molar-refractivity contribution in [1.29, 1.82) is 0 Å². The molecule has 146 valence electrons. The average molecular weight is 370 g/mol. The van der Waals surface area contributed by atoms with Gasteiger partial charge in [0.05, 0.1) is 12.0 Å². The normalized spacial score (nSPS) is 21.7. The summed E-state index contributed by atoms with van der Waals surface area (Å²) < 4.78 is 6.36. The molecule has 1 aromatic carbocycles. The molecule has 0 bridgehead atoms. The third-order valence-corrected chi connectivity index (χ3v) is 6.73. The number of hydrogen-bond acceptors (Lipinski definition) is 3. The number of ether oxygens (including phenoxy) is 1. The molecule has 4 heteroatoms. The molecule has 1 saturated carbocycles. The largest absolute Gasteiger partial charge is 0.490 e. The topological polar surface area (TPSA) is 49.8 Å². The van der Waals surface area contributed by atoms with E-state index in [4.69, 9.17) is 9.84 Å². The number of carboxylic acid groups (broad SMARTS) is 1. The summed E-state index contributed by atoms with van der Waals surface area (Å²) in [5, 5.41) is 9.06. The Balaban J connectivity index is 1.48. The summed E-state index contributed by atoms with van der Waals surface area (Å²) in [5.74, 6) is 0.236. The van der Waals surface area contributed by atoms with Gasteiger partial charge in [0.15, 0.2) is 0 Å². The Bertz CT molecular complexity index is 755. The summed E-state index contributed by atoms with van der Waals surface area (Å²) in [7, 11) is 0. The number of likely N-dealkylation sites (tertiary alicyclic amines) is 1. The third kappa shape index (κ3) is 3.77. The van der Waals surface area contributed by atoms with Crippen LogP contribution in [0.2, 0.25) is 0 Å². The SMILES string of the molecule is CC1=C(CN2CC(C(=O)O)C2)CCc2c1ccc(OC1CCCCC1)c2C. The Morgan fingerprint density at radius 3 is 2.59 bits per heavy atom. The molecule has 0 aromatic heterocycles. The molecule has 0 amide bonds. The van der Waals surface area contributed by atoms with Crippen LogP contribution in [-0.2, 0) is 11.2 Å². The van der Waals surface area contributed by atoms with Crippen molar-refractivity contribution in [3.05, 3.63) is 34.4 Å². The molecule has 0 spiro atoms. The highest BCUT2D eigenvalue weighted by atomic mass is 16.5. The van der Waals surface area contributed by atoms with Crippen molar-refractivity contribution < 1.29 is 14.6 Å². The Labute approximate surface area is 162 Å².